The molecule has 2 aromatic rings. The second-order valence-electron chi connectivity index (χ2n) is 10.3. The Balaban J connectivity index is 0.00000138. The van der Waals surface area contributed by atoms with Crippen LogP contribution in [0.3, 0.4) is 0 Å². The molecule has 0 unspecified atom stereocenters. The van der Waals surface area contributed by atoms with E-state index in [0.717, 1.165) is 49.0 Å². The highest BCUT2D eigenvalue weighted by atomic mass is 16.2. The minimum Gasteiger partial charge on any atom is -0.362 e. The number of benzene rings is 2. The molecule has 9 nitrogen and oxygen atoms in total. The van der Waals surface area contributed by atoms with Crippen LogP contribution < -0.4 is 16.0 Å². The number of rotatable bonds is 15. The van der Waals surface area contributed by atoms with Crippen LogP contribution >= 0.6 is 0 Å². The molecule has 0 bridgehead atoms. The molecular formula is C32H47N5O4. The first-order valence-corrected chi connectivity index (χ1v) is 14.7. The van der Waals surface area contributed by atoms with Crippen molar-refractivity contribution in [2.75, 3.05) is 40.3 Å². The molecule has 1 aliphatic heterocycles. The Bertz CT molecular complexity index is 1110. The Kier molecular flexibility index (Phi) is 15.2. The van der Waals surface area contributed by atoms with Crippen molar-refractivity contribution < 1.29 is 19.2 Å². The average Bonchev–Trinajstić information content (AvgIpc) is 2.99. The van der Waals surface area contributed by atoms with Gasteiger partial charge in [0.25, 0.3) is 0 Å². The molecule has 41 heavy (non-hydrogen) atoms. The van der Waals surface area contributed by atoms with Crippen LogP contribution in [0.1, 0.15) is 57.1 Å². The highest BCUT2D eigenvalue weighted by Gasteiger charge is 2.37. The first-order chi connectivity index (χ1) is 19.8. The Morgan fingerprint density at radius 1 is 0.951 bits per heavy atom. The van der Waals surface area contributed by atoms with Crippen LogP contribution in [0.4, 0.5) is 0 Å². The van der Waals surface area contributed by atoms with Gasteiger partial charge in [-0.1, -0.05) is 81.6 Å². The Morgan fingerprint density at radius 3 is 2.32 bits per heavy atom. The first kappa shape index (κ1) is 33.5. The molecule has 3 rings (SSSR count). The Morgan fingerprint density at radius 2 is 1.66 bits per heavy atom. The minimum atomic E-state index is -0.624. The quantitative estimate of drug-likeness (QED) is 0.227. The molecule has 1 saturated heterocycles. The van der Waals surface area contributed by atoms with Crippen molar-refractivity contribution in [1.29, 1.82) is 0 Å². The van der Waals surface area contributed by atoms with Gasteiger partial charge in [0, 0.05) is 33.6 Å². The summed E-state index contributed by atoms with van der Waals surface area (Å²) >= 11 is 0. The maximum Gasteiger partial charge on any atom is 0.246 e. The van der Waals surface area contributed by atoms with Crippen molar-refractivity contribution in [1.82, 2.24) is 25.8 Å². The Labute approximate surface area is 245 Å². The number of carbonyl (C=O) groups excluding carboxylic acids is 4. The number of piperazine rings is 1. The van der Waals surface area contributed by atoms with E-state index >= 15 is 0 Å². The smallest absolute Gasteiger partial charge is 0.246 e. The molecule has 1 heterocycles. The lowest BCUT2D eigenvalue weighted by Gasteiger charge is -2.38. The van der Waals surface area contributed by atoms with Crippen molar-refractivity contribution in [2.45, 2.75) is 65.0 Å². The molecule has 1 aliphatic rings. The molecule has 4 amide bonds. The fourth-order valence-electron chi connectivity index (χ4n) is 4.54. The molecular weight excluding hydrogens is 518 g/mol. The monoisotopic (exact) mass is 565 g/mol. The highest BCUT2D eigenvalue weighted by Crippen LogP contribution is 2.23. The average molecular weight is 566 g/mol. The van der Waals surface area contributed by atoms with Crippen molar-refractivity contribution >= 4 is 24.1 Å². The largest absolute Gasteiger partial charge is 0.362 e. The summed E-state index contributed by atoms with van der Waals surface area (Å²) in [6.45, 7) is 6.63. The lowest BCUT2D eigenvalue weighted by molar-refractivity contribution is -0.155. The van der Waals surface area contributed by atoms with Gasteiger partial charge in [-0.25, -0.2) is 0 Å². The number of likely N-dealkylation sites (N-methyl/N-ethyl adjacent to an activating group) is 1. The van der Waals surface area contributed by atoms with Crippen LogP contribution in [0.15, 0.2) is 48.5 Å². The van der Waals surface area contributed by atoms with Crippen LogP contribution in [0, 0.1) is 0 Å². The van der Waals surface area contributed by atoms with E-state index < -0.39 is 6.04 Å². The normalized spacial score (nSPS) is 14.8. The number of hydrogen-bond donors (Lipinski definition) is 3. The first-order valence-electron chi connectivity index (χ1n) is 14.7. The third-order valence-corrected chi connectivity index (χ3v) is 7.02. The molecule has 0 saturated carbocycles. The van der Waals surface area contributed by atoms with E-state index in [9.17, 15) is 14.4 Å². The third-order valence-electron chi connectivity index (χ3n) is 7.02. The molecule has 0 radical (unpaired) electrons. The van der Waals surface area contributed by atoms with Gasteiger partial charge in [-0.05, 0) is 41.6 Å². The molecule has 1 atom stereocenters. The summed E-state index contributed by atoms with van der Waals surface area (Å²) in [7, 11) is 3.23. The van der Waals surface area contributed by atoms with Crippen LogP contribution in [0.2, 0.25) is 0 Å². The molecule has 3 N–H and O–H groups in total. The fourth-order valence-corrected chi connectivity index (χ4v) is 4.54. The minimum absolute atomic E-state index is 0.0616. The zero-order chi connectivity index (χ0) is 30.0. The maximum atomic E-state index is 13.3. The van der Waals surface area contributed by atoms with Gasteiger partial charge in [-0.15, -0.1) is 0 Å². The van der Waals surface area contributed by atoms with E-state index in [1.54, 1.807) is 14.1 Å². The standard InChI is InChI=1S/C30H42N4O3.C2H5NO/c1-4-6-8-17-32-28(35)21-34-22-29(36)33(3)27(30(34)37)19-24-10-9-11-26(18-24)25-14-12-23(13-15-25)20-31-16-7-5-2;1-3-2-4/h9-15,18,27,31H,4-8,16-17,19-22H2,1-3H3,(H,32,35);2H,1H3,(H,3,4)/t27-;/m0./s1. The molecule has 1 fully saturated rings. The van der Waals surface area contributed by atoms with Gasteiger partial charge in [0.1, 0.15) is 19.1 Å². The maximum absolute atomic E-state index is 13.3. The van der Waals surface area contributed by atoms with E-state index in [4.69, 9.17) is 4.79 Å². The summed E-state index contributed by atoms with van der Waals surface area (Å²) in [5, 5.41) is 8.58. The zero-order valence-corrected chi connectivity index (χ0v) is 25.1. The van der Waals surface area contributed by atoms with Crippen LogP contribution in [0.5, 0.6) is 0 Å². The van der Waals surface area contributed by atoms with Crippen LogP contribution in [-0.2, 0) is 32.1 Å². The van der Waals surface area contributed by atoms with Gasteiger partial charge in [-0.2, -0.15) is 0 Å². The van der Waals surface area contributed by atoms with Crippen LogP contribution in [-0.4, -0.2) is 80.2 Å². The molecule has 9 heteroatoms. The SMILES string of the molecule is CCCCCNC(=O)CN1CC(=O)N(C)[C@@H](Cc2cccc(-c3ccc(CNCCCC)cc3)c2)C1=O.CNC=O. The van der Waals surface area contributed by atoms with Gasteiger partial charge >= 0.3 is 0 Å². The summed E-state index contributed by atoms with van der Waals surface area (Å²) in [5.41, 5.74) is 4.41. The van der Waals surface area contributed by atoms with E-state index in [1.807, 2.05) is 12.1 Å². The molecule has 2 aromatic carbocycles. The summed E-state index contributed by atoms with van der Waals surface area (Å²) < 4.78 is 0. The number of amides is 4. The third kappa shape index (κ3) is 11.4. The van der Waals surface area contributed by atoms with Gasteiger partial charge < -0.3 is 25.8 Å². The van der Waals surface area contributed by atoms with Crippen molar-refractivity contribution in [3.05, 3.63) is 59.7 Å². The van der Waals surface area contributed by atoms with Crippen molar-refractivity contribution in [3.8, 4) is 11.1 Å². The molecule has 0 aromatic heterocycles. The number of nitrogens with one attached hydrogen (secondary N) is 3. The summed E-state index contributed by atoms with van der Waals surface area (Å²) in [6, 6.07) is 16.0. The summed E-state index contributed by atoms with van der Waals surface area (Å²) in [5.74, 6) is -0.551. The molecule has 224 valence electrons. The lowest BCUT2D eigenvalue weighted by Crippen LogP contribution is -2.60. The predicted molar refractivity (Wildman–Crippen MR) is 163 cm³/mol. The van der Waals surface area contributed by atoms with Gasteiger partial charge in [0.2, 0.25) is 24.1 Å². The van der Waals surface area contributed by atoms with Crippen molar-refractivity contribution in [3.63, 3.8) is 0 Å². The fraction of sp³-hybridized carbons (Fsp3) is 0.500. The second-order valence-corrected chi connectivity index (χ2v) is 10.3. The van der Waals surface area contributed by atoms with Crippen LogP contribution in [0.25, 0.3) is 11.1 Å². The number of carbonyl (C=O) groups is 4. The lowest BCUT2D eigenvalue weighted by atomic mass is 9.97. The summed E-state index contributed by atoms with van der Waals surface area (Å²) in [6.07, 6.45) is 6.43. The highest BCUT2D eigenvalue weighted by molar-refractivity contribution is 5.97. The van der Waals surface area contributed by atoms with Gasteiger partial charge in [0.05, 0.1) is 0 Å². The zero-order valence-electron chi connectivity index (χ0n) is 25.1. The number of hydrogen-bond acceptors (Lipinski definition) is 5. The van der Waals surface area contributed by atoms with Gasteiger partial charge in [-0.3, -0.25) is 19.2 Å². The van der Waals surface area contributed by atoms with E-state index in [1.165, 1.54) is 28.2 Å². The predicted octanol–water partition coefficient (Wildman–Crippen LogP) is 3.12. The topological polar surface area (TPSA) is 111 Å². The number of unbranched alkanes of at least 4 members (excludes halogenated alkanes) is 3. The van der Waals surface area contributed by atoms with E-state index in [0.29, 0.717) is 19.4 Å². The van der Waals surface area contributed by atoms with E-state index in [-0.39, 0.29) is 30.8 Å². The van der Waals surface area contributed by atoms with Gasteiger partial charge in [0.15, 0.2) is 0 Å². The Hall–Kier alpha value is -3.72. The number of nitrogens with zero attached hydrogens (tertiary/aromatic N) is 2. The molecule has 0 spiro atoms. The van der Waals surface area contributed by atoms with Crippen molar-refractivity contribution in [2.24, 2.45) is 0 Å². The summed E-state index contributed by atoms with van der Waals surface area (Å²) in [4.78, 5) is 50.2. The van der Waals surface area contributed by atoms with E-state index in [2.05, 4.69) is 66.2 Å². The second kappa shape index (κ2) is 18.6. The molecule has 0 aliphatic carbocycles.